The van der Waals surface area contributed by atoms with E-state index in [1.54, 1.807) is 18.2 Å². The molecule has 2 aromatic heterocycles. The van der Waals surface area contributed by atoms with Crippen LogP contribution in [0.25, 0.3) is 33.6 Å². The van der Waals surface area contributed by atoms with E-state index in [-0.39, 0.29) is 18.0 Å². The number of ether oxygens (including phenoxy) is 3. The molecule has 1 saturated heterocycles. The molecule has 4 aromatic rings. The third kappa shape index (κ3) is 5.02. The van der Waals surface area contributed by atoms with Crippen LogP contribution in [0.3, 0.4) is 0 Å². The molecule has 2 aliphatic rings. The predicted molar refractivity (Wildman–Crippen MR) is 146 cm³/mol. The number of aliphatic hydroxyl groups excluding tert-OH is 1. The van der Waals surface area contributed by atoms with Crippen LogP contribution < -0.4 is 4.74 Å². The Morgan fingerprint density at radius 2 is 1.87 bits per heavy atom. The van der Waals surface area contributed by atoms with Crippen LogP contribution in [0.2, 0.25) is 0 Å². The van der Waals surface area contributed by atoms with Crippen LogP contribution in [-0.4, -0.2) is 54.2 Å². The second kappa shape index (κ2) is 10.1. The smallest absolute Gasteiger partial charge is 0.161 e. The van der Waals surface area contributed by atoms with Gasteiger partial charge in [0.15, 0.2) is 11.9 Å². The second-order valence-electron chi connectivity index (χ2n) is 10.6. The lowest BCUT2D eigenvalue weighted by Gasteiger charge is -2.35. The Balaban J connectivity index is 1.28. The zero-order chi connectivity index (χ0) is 27.1. The van der Waals surface area contributed by atoms with Crippen molar-refractivity contribution in [3.8, 4) is 34.3 Å². The largest absolute Gasteiger partial charge is 0.489 e. The maximum absolute atomic E-state index is 10.3. The number of pyridine rings is 1. The summed E-state index contributed by atoms with van der Waals surface area (Å²) in [6, 6.07) is 19.4. The normalized spacial score (nSPS) is 20.7. The van der Waals surface area contributed by atoms with Crippen molar-refractivity contribution in [1.82, 2.24) is 9.88 Å². The molecule has 2 fully saturated rings. The molecule has 6 rings (SSSR count). The van der Waals surface area contributed by atoms with Crippen molar-refractivity contribution < 1.29 is 23.7 Å². The molecule has 3 heterocycles. The van der Waals surface area contributed by atoms with Gasteiger partial charge in [-0.15, -0.1) is 0 Å². The fourth-order valence-electron chi connectivity index (χ4n) is 5.28. The average Bonchev–Trinajstić information content (AvgIpc) is 3.53. The topological polar surface area (TPSA) is 101 Å². The van der Waals surface area contributed by atoms with E-state index in [0.29, 0.717) is 29.1 Å². The van der Waals surface area contributed by atoms with E-state index in [9.17, 15) is 10.4 Å². The average molecular weight is 526 g/mol. The number of aliphatic hydroxyl groups is 1. The third-order valence-electron chi connectivity index (χ3n) is 7.61. The first-order valence-electron chi connectivity index (χ1n) is 13.1. The third-order valence-corrected chi connectivity index (χ3v) is 7.61. The van der Waals surface area contributed by atoms with Gasteiger partial charge in [0.25, 0.3) is 0 Å². The number of fused-ring (bicyclic) bond motifs is 1. The molecule has 1 N–H and O–H groups in total. The Kier molecular flexibility index (Phi) is 6.61. The molecule has 2 aromatic carbocycles. The van der Waals surface area contributed by atoms with Crippen molar-refractivity contribution in [1.29, 1.82) is 5.26 Å². The molecule has 1 aliphatic carbocycles. The van der Waals surface area contributed by atoms with Gasteiger partial charge in [-0.3, -0.25) is 9.88 Å². The highest BCUT2D eigenvalue weighted by molar-refractivity contribution is 5.92. The number of hydrogen-bond donors (Lipinski definition) is 1. The van der Waals surface area contributed by atoms with Crippen LogP contribution in [0.5, 0.6) is 5.75 Å². The van der Waals surface area contributed by atoms with Crippen molar-refractivity contribution >= 4 is 11.1 Å². The first-order valence-corrected chi connectivity index (χ1v) is 13.1. The van der Waals surface area contributed by atoms with E-state index in [2.05, 4.69) is 11.1 Å². The number of benzene rings is 2. The van der Waals surface area contributed by atoms with Crippen molar-refractivity contribution in [3.05, 3.63) is 71.9 Å². The molecular weight excluding hydrogens is 494 g/mol. The standard InChI is InChI=1S/C31H31N3O5/c1-34(2)30(35)20-6-4-19(5-7-20)27-16-25-29(38-27)24(10-13-33-25)21-8-9-26(22(14-21)18-32)37-23-15-28(36-3)39-31(17-23)11-12-31/h4-10,13-14,16,23,28,30,35H,11-12,15,17H2,1-3H3. The van der Waals surface area contributed by atoms with E-state index in [0.717, 1.165) is 47.0 Å². The van der Waals surface area contributed by atoms with E-state index in [1.165, 1.54) is 0 Å². The van der Waals surface area contributed by atoms with E-state index < -0.39 is 6.23 Å². The Morgan fingerprint density at radius 3 is 2.56 bits per heavy atom. The number of hydrogen-bond acceptors (Lipinski definition) is 8. The molecule has 0 bridgehead atoms. The summed E-state index contributed by atoms with van der Waals surface area (Å²) in [4.78, 5) is 6.24. The monoisotopic (exact) mass is 525 g/mol. The van der Waals surface area contributed by atoms with Crippen molar-refractivity contribution in [3.63, 3.8) is 0 Å². The van der Waals surface area contributed by atoms with Crippen LogP contribution in [0.1, 0.15) is 43.0 Å². The fraction of sp³-hybridized carbons (Fsp3) is 0.355. The quantitative estimate of drug-likeness (QED) is 0.309. The van der Waals surface area contributed by atoms with Gasteiger partial charge in [0.05, 0.1) is 11.2 Å². The summed E-state index contributed by atoms with van der Waals surface area (Å²) in [5.41, 5.74) is 5.07. The van der Waals surface area contributed by atoms with Gasteiger partial charge in [0.1, 0.15) is 35.4 Å². The number of nitrogens with zero attached hydrogens (tertiary/aromatic N) is 3. The minimum Gasteiger partial charge on any atom is -0.489 e. The minimum absolute atomic E-state index is 0.0744. The molecule has 0 amide bonds. The minimum atomic E-state index is -0.674. The number of rotatable bonds is 7. The summed E-state index contributed by atoms with van der Waals surface area (Å²) in [5, 5.41) is 20.2. The first kappa shape index (κ1) is 25.5. The van der Waals surface area contributed by atoms with Gasteiger partial charge in [0, 0.05) is 43.3 Å². The second-order valence-corrected chi connectivity index (χ2v) is 10.6. The number of nitriles is 1. The lowest BCUT2D eigenvalue weighted by molar-refractivity contribution is -0.210. The molecule has 8 nitrogen and oxygen atoms in total. The maximum atomic E-state index is 10.3. The van der Waals surface area contributed by atoms with Gasteiger partial charge in [-0.25, -0.2) is 0 Å². The summed E-state index contributed by atoms with van der Waals surface area (Å²) in [6.45, 7) is 0. The molecule has 39 heavy (non-hydrogen) atoms. The summed E-state index contributed by atoms with van der Waals surface area (Å²) in [6.07, 6.45) is 4.16. The van der Waals surface area contributed by atoms with Gasteiger partial charge < -0.3 is 23.7 Å². The van der Waals surface area contributed by atoms with Gasteiger partial charge in [-0.2, -0.15) is 5.26 Å². The molecule has 1 saturated carbocycles. The summed E-state index contributed by atoms with van der Waals surface area (Å²) in [5.74, 6) is 1.24. The van der Waals surface area contributed by atoms with E-state index >= 15 is 0 Å². The highest BCUT2D eigenvalue weighted by atomic mass is 16.7. The molecule has 1 aliphatic heterocycles. The summed E-state index contributed by atoms with van der Waals surface area (Å²) in [7, 11) is 5.30. The number of furan rings is 1. The summed E-state index contributed by atoms with van der Waals surface area (Å²) >= 11 is 0. The highest BCUT2D eigenvalue weighted by Gasteiger charge is 2.51. The number of methoxy groups -OCH3 is 1. The van der Waals surface area contributed by atoms with E-state index in [1.807, 2.05) is 68.7 Å². The van der Waals surface area contributed by atoms with Gasteiger partial charge in [-0.05, 0) is 56.3 Å². The Bertz CT molecular complexity index is 1530. The fourth-order valence-corrected chi connectivity index (χ4v) is 5.28. The van der Waals surface area contributed by atoms with Gasteiger partial charge in [-0.1, -0.05) is 30.3 Å². The molecular formula is C31H31N3O5. The van der Waals surface area contributed by atoms with Crippen LogP contribution in [0.15, 0.2) is 65.2 Å². The zero-order valence-electron chi connectivity index (χ0n) is 22.3. The Morgan fingerprint density at radius 1 is 1.10 bits per heavy atom. The van der Waals surface area contributed by atoms with Gasteiger partial charge in [0.2, 0.25) is 0 Å². The first-order chi connectivity index (χ1) is 18.9. The van der Waals surface area contributed by atoms with Crippen LogP contribution >= 0.6 is 0 Å². The molecule has 3 atom stereocenters. The van der Waals surface area contributed by atoms with Gasteiger partial charge >= 0.3 is 0 Å². The van der Waals surface area contributed by atoms with Crippen LogP contribution in [0.4, 0.5) is 0 Å². The van der Waals surface area contributed by atoms with Crippen LogP contribution in [0, 0.1) is 11.3 Å². The van der Waals surface area contributed by atoms with Crippen LogP contribution in [-0.2, 0) is 9.47 Å². The predicted octanol–water partition coefficient (Wildman–Crippen LogP) is 5.65. The number of aromatic nitrogens is 1. The highest BCUT2D eigenvalue weighted by Crippen LogP contribution is 2.49. The van der Waals surface area contributed by atoms with Crippen molar-refractivity contribution in [2.75, 3.05) is 21.2 Å². The lowest BCUT2D eigenvalue weighted by Crippen LogP contribution is -2.40. The Hall–Kier alpha value is -3.74. The van der Waals surface area contributed by atoms with Crippen molar-refractivity contribution in [2.24, 2.45) is 0 Å². The molecule has 3 unspecified atom stereocenters. The zero-order valence-corrected chi connectivity index (χ0v) is 22.3. The molecule has 1 spiro atoms. The molecule has 0 radical (unpaired) electrons. The Labute approximate surface area is 227 Å². The molecule has 200 valence electrons. The van der Waals surface area contributed by atoms with Crippen molar-refractivity contribution in [2.45, 2.75) is 49.9 Å². The summed E-state index contributed by atoms with van der Waals surface area (Å²) < 4.78 is 24.1. The SMILES string of the molecule is COC1CC(Oc2ccc(-c3ccnc4cc(-c5ccc(C(O)N(C)C)cc5)oc34)cc2C#N)CC2(CC2)O1. The maximum Gasteiger partial charge on any atom is 0.161 e. The molecule has 8 heteroatoms. The lowest BCUT2D eigenvalue weighted by atomic mass is 10.0. The van der Waals surface area contributed by atoms with E-state index in [4.69, 9.17) is 18.6 Å².